The number of carbonyl (C=O) groups is 2. The molecule has 1 aliphatic rings. The first-order valence-electron chi connectivity index (χ1n) is 6.12. The highest BCUT2D eigenvalue weighted by Gasteiger charge is 2.34. The third kappa shape index (κ3) is 3.06. The van der Waals surface area contributed by atoms with Crippen LogP contribution >= 0.6 is 23.4 Å². The lowest BCUT2D eigenvalue weighted by molar-refractivity contribution is -0.122. The molecule has 1 heterocycles. The Labute approximate surface area is 137 Å². The number of thioether (sulfide) groups is 1. The molecule has 7 heteroatoms. The summed E-state index contributed by atoms with van der Waals surface area (Å²) in [5.41, 5.74) is 0.619. The van der Waals surface area contributed by atoms with Crippen LogP contribution in [0.2, 0.25) is 5.02 Å². The molecule has 1 aromatic carbocycles. The zero-order chi connectivity index (χ0) is 16.3. The van der Waals surface area contributed by atoms with E-state index in [2.05, 4.69) is 5.92 Å². The maximum Gasteiger partial charge on any atom is 0.294 e. The summed E-state index contributed by atoms with van der Waals surface area (Å²) in [5, 5.41) is -0.0447. The van der Waals surface area contributed by atoms with Crippen molar-refractivity contribution in [3.8, 4) is 23.8 Å². The van der Waals surface area contributed by atoms with Crippen LogP contribution in [-0.2, 0) is 4.79 Å². The van der Waals surface area contributed by atoms with Crippen LogP contribution in [0.15, 0.2) is 17.0 Å². The number of carbonyl (C=O) groups excluding carboxylic acids is 2. The van der Waals surface area contributed by atoms with Crippen LogP contribution in [0.25, 0.3) is 6.08 Å². The number of imide groups is 1. The fourth-order valence-electron chi connectivity index (χ4n) is 1.90. The number of halogens is 1. The van der Waals surface area contributed by atoms with Crippen LogP contribution in [0.5, 0.6) is 11.5 Å². The normalized spacial score (nSPS) is 16.1. The van der Waals surface area contributed by atoms with Crippen LogP contribution in [0.1, 0.15) is 5.56 Å². The first-order valence-corrected chi connectivity index (χ1v) is 7.31. The smallest absolute Gasteiger partial charge is 0.294 e. The van der Waals surface area contributed by atoms with Crippen LogP contribution in [0, 0.1) is 12.3 Å². The largest absolute Gasteiger partial charge is 0.493 e. The lowest BCUT2D eigenvalue weighted by Gasteiger charge is -2.10. The third-order valence-electron chi connectivity index (χ3n) is 2.88. The van der Waals surface area contributed by atoms with Crippen molar-refractivity contribution in [1.82, 2.24) is 4.90 Å². The van der Waals surface area contributed by atoms with Crippen molar-refractivity contribution < 1.29 is 19.1 Å². The van der Waals surface area contributed by atoms with Gasteiger partial charge in [0.05, 0.1) is 30.7 Å². The molecule has 0 spiro atoms. The van der Waals surface area contributed by atoms with Gasteiger partial charge in [0.2, 0.25) is 0 Å². The Balaban J connectivity index is 2.38. The van der Waals surface area contributed by atoms with E-state index in [-0.39, 0.29) is 16.7 Å². The minimum atomic E-state index is -0.418. The molecular weight excluding hydrogens is 326 g/mol. The Morgan fingerprint density at radius 2 is 2.09 bits per heavy atom. The molecule has 0 bridgehead atoms. The van der Waals surface area contributed by atoms with Gasteiger partial charge in [0, 0.05) is 0 Å². The van der Waals surface area contributed by atoms with Crippen molar-refractivity contribution in [3.05, 3.63) is 27.6 Å². The van der Waals surface area contributed by atoms with Crippen molar-refractivity contribution in [3.63, 3.8) is 0 Å². The standard InChI is InChI=1S/C15H12ClNO4S/c1-4-5-17-14(18)12(22-15(17)19)8-9-6-10(16)13(21-3)11(7-9)20-2/h1,6-8H,5H2,2-3H3/b12-8-. The molecule has 5 nitrogen and oxygen atoms in total. The van der Waals surface area contributed by atoms with Gasteiger partial charge in [-0.2, -0.15) is 0 Å². The predicted molar refractivity (Wildman–Crippen MR) is 86.1 cm³/mol. The summed E-state index contributed by atoms with van der Waals surface area (Å²) in [4.78, 5) is 25.1. The number of amides is 2. The predicted octanol–water partition coefficient (Wildman–Crippen LogP) is 3.03. The molecule has 2 rings (SSSR count). The Kier molecular flexibility index (Phi) is 5.01. The number of benzene rings is 1. The Bertz CT molecular complexity index is 708. The van der Waals surface area contributed by atoms with E-state index in [0.29, 0.717) is 22.1 Å². The summed E-state index contributed by atoms with van der Waals surface area (Å²) in [6, 6.07) is 3.29. The van der Waals surface area contributed by atoms with E-state index in [4.69, 9.17) is 27.5 Å². The van der Waals surface area contributed by atoms with Gasteiger partial charge in [-0.3, -0.25) is 14.5 Å². The van der Waals surface area contributed by atoms with Gasteiger partial charge in [-0.25, -0.2) is 0 Å². The first kappa shape index (κ1) is 16.3. The van der Waals surface area contributed by atoms with Crippen LogP contribution in [-0.4, -0.2) is 36.8 Å². The summed E-state index contributed by atoms with van der Waals surface area (Å²) in [7, 11) is 2.97. The molecule has 1 fully saturated rings. The highest BCUT2D eigenvalue weighted by atomic mass is 35.5. The molecule has 1 saturated heterocycles. The van der Waals surface area contributed by atoms with E-state index in [0.717, 1.165) is 16.7 Å². The van der Waals surface area contributed by atoms with Crippen LogP contribution in [0.4, 0.5) is 4.79 Å². The maximum atomic E-state index is 12.1. The molecule has 0 aromatic heterocycles. The molecule has 1 aliphatic heterocycles. The van der Waals surface area contributed by atoms with E-state index in [9.17, 15) is 9.59 Å². The topological polar surface area (TPSA) is 55.8 Å². The highest BCUT2D eigenvalue weighted by molar-refractivity contribution is 8.18. The van der Waals surface area contributed by atoms with Crippen molar-refractivity contribution in [2.75, 3.05) is 20.8 Å². The molecule has 0 radical (unpaired) electrons. The van der Waals surface area contributed by atoms with E-state index in [1.54, 1.807) is 18.2 Å². The average Bonchev–Trinajstić information content (AvgIpc) is 2.74. The second-order valence-corrected chi connectivity index (χ2v) is 5.61. The number of rotatable bonds is 4. The molecule has 0 unspecified atom stereocenters. The lowest BCUT2D eigenvalue weighted by Crippen LogP contribution is -2.28. The number of hydrogen-bond donors (Lipinski definition) is 0. The zero-order valence-electron chi connectivity index (χ0n) is 11.9. The van der Waals surface area contributed by atoms with Crippen molar-refractivity contribution in [2.24, 2.45) is 0 Å². The number of ether oxygens (including phenoxy) is 2. The van der Waals surface area contributed by atoms with Gasteiger partial charge < -0.3 is 9.47 Å². The van der Waals surface area contributed by atoms with Gasteiger partial charge in [-0.15, -0.1) is 6.42 Å². The fourth-order valence-corrected chi connectivity index (χ4v) is 3.03. The minimum absolute atomic E-state index is 0.0469. The Morgan fingerprint density at radius 3 is 2.68 bits per heavy atom. The van der Waals surface area contributed by atoms with E-state index < -0.39 is 5.91 Å². The summed E-state index contributed by atoms with van der Waals surface area (Å²) in [5.74, 6) is 2.70. The molecule has 1 aromatic rings. The molecule has 0 aliphatic carbocycles. The quantitative estimate of drug-likeness (QED) is 0.624. The molecule has 22 heavy (non-hydrogen) atoms. The van der Waals surface area contributed by atoms with Gasteiger partial charge in [-0.05, 0) is 35.5 Å². The summed E-state index contributed by atoms with van der Waals surface area (Å²) < 4.78 is 10.3. The van der Waals surface area contributed by atoms with E-state index in [1.807, 2.05) is 0 Å². The summed E-state index contributed by atoms with van der Waals surface area (Å²) >= 11 is 6.95. The summed E-state index contributed by atoms with van der Waals surface area (Å²) in [6.45, 7) is -0.0469. The molecule has 2 amide bonds. The third-order valence-corrected chi connectivity index (χ3v) is 4.06. The number of terminal acetylenes is 1. The molecule has 0 saturated carbocycles. The molecule has 0 atom stereocenters. The Morgan fingerprint density at radius 1 is 1.36 bits per heavy atom. The number of methoxy groups -OCH3 is 2. The SMILES string of the molecule is C#CCN1C(=O)S/C(=C\c2cc(Cl)c(OC)c(OC)c2)C1=O. The van der Waals surface area contributed by atoms with Gasteiger partial charge in [0.15, 0.2) is 11.5 Å². The summed E-state index contributed by atoms with van der Waals surface area (Å²) in [6.07, 6.45) is 6.71. The number of nitrogens with zero attached hydrogens (tertiary/aromatic N) is 1. The maximum absolute atomic E-state index is 12.1. The van der Waals surface area contributed by atoms with Crippen molar-refractivity contribution in [2.45, 2.75) is 0 Å². The van der Waals surface area contributed by atoms with Gasteiger partial charge >= 0.3 is 0 Å². The second-order valence-electron chi connectivity index (χ2n) is 4.21. The second kappa shape index (κ2) is 6.77. The molecule has 0 N–H and O–H groups in total. The molecule has 114 valence electrons. The average molecular weight is 338 g/mol. The monoisotopic (exact) mass is 337 g/mol. The number of hydrogen-bond acceptors (Lipinski definition) is 5. The van der Waals surface area contributed by atoms with E-state index >= 15 is 0 Å². The Hall–Kier alpha value is -2.10. The first-order chi connectivity index (χ1) is 10.5. The van der Waals surface area contributed by atoms with Crippen molar-refractivity contribution in [1.29, 1.82) is 0 Å². The minimum Gasteiger partial charge on any atom is -0.493 e. The van der Waals surface area contributed by atoms with Gasteiger partial charge in [0.1, 0.15) is 0 Å². The van der Waals surface area contributed by atoms with Crippen LogP contribution in [0.3, 0.4) is 0 Å². The van der Waals surface area contributed by atoms with E-state index in [1.165, 1.54) is 14.2 Å². The van der Waals surface area contributed by atoms with Crippen molar-refractivity contribution >= 4 is 40.6 Å². The molecular formula is C15H12ClNO4S. The lowest BCUT2D eigenvalue weighted by atomic mass is 10.2. The highest BCUT2D eigenvalue weighted by Crippen LogP contribution is 2.38. The zero-order valence-corrected chi connectivity index (χ0v) is 13.5. The van der Waals surface area contributed by atoms with Gasteiger partial charge in [0.25, 0.3) is 11.1 Å². The van der Waals surface area contributed by atoms with Crippen LogP contribution < -0.4 is 9.47 Å². The van der Waals surface area contributed by atoms with Gasteiger partial charge in [-0.1, -0.05) is 17.5 Å². The fraction of sp³-hybridized carbons (Fsp3) is 0.200.